The highest BCUT2D eigenvalue weighted by Crippen LogP contribution is 2.27. The smallest absolute Gasteiger partial charge is 0.324 e. The summed E-state index contributed by atoms with van der Waals surface area (Å²) in [7, 11) is -1.30. The van der Waals surface area contributed by atoms with Gasteiger partial charge in [-0.2, -0.15) is 4.31 Å². The Labute approximate surface area is 141 Å². The highest BCUT2D eigenvalue weighted by Gasteiger charge is 2.43. The zero-order chi connectivity index (χ0) is 17.7. The number of oxime groups is 1. The van der Waals surface area contributed by atoms with Crippen molar-refractivity contribution in [1.29, 1.82) is 0 Å². The van der Waals surface area contributed by atoms with Crippen LogP contribution in [0.25, 0.3) is 0 Å². The van der Waals surface area contributed by atoms with E-state index in [1.807, 2.05) is 6.92 Å². The number of methoxy groups -OCH3 is 1. The van der Waals surface area contributed by atoms with E-state index in [9.17, 15) is 13.2 Å². The van der Waals surface area contributed by atoms with Crippen molar-refractivity contribution in [2.24, 2.45) is 5.16 Å². The Kier molecular flexibility index (Phi) is 5.79. The van der Waals surface area contributed by atoms with Crippen molar-refractivity contribution in [2.75, 3.05) is 27.4 Å². The second kappa shape index (κ2) is 7.63. The average Bonchev–Trinajstić information content (AvgIpc) is 3.00. The molecule has 1 atom stereocenters. The summed E-state index contributed by atoms with van der Waals surface area (Å²) in [4.78, 5) is 16.7. The molecule has 1 aliphatic rings. The minimum Gasteiger partial charge on any atom is -0.494 e. The molecule has 24 heavy (non-hydrogen) atoms. The van der Waals surface area contributed by atoms with Crippen LogP contribution < -0.4 is 4.74 Å². The molecule has 0 saturated carbocycles. The summed E-state index contributed by atoms with van der Waals surface area (Å²) >= 11 is 0. The zero-order valence-corrected chi connectivity index (χ0v) is 14.6. The average molecular weight is 356 g/mol. The van der Waals surface area contributed by atoms with E-state index >= 15 is 0 Å². The molecule has 1 fully saturated rings. The number of hydrogen-bond acceptors (Lipinski definition) is 7. The molecule has 9 heteroatoms. The van der Waals surface area contributed by atoms with Gasteiger partial charge in [0.15, 0.2) is 0 Å². The van der Waals surface area contributed by atoms with Crippen LogP contribution in [0.2, 0.25) is 0 Å². The van der Waals surface area contributed by atoms with Crippen LogP contribution in [-0.4, -0.2) is 57.8 Å². The van der Waals surface area contributed by atoms with Gasteiger partial charge in [-0.05, 0) is 31.2 Å². The van der Waals surface area contributed by atoms with Crippen LogP contribution in [0.5, 0.6) is 5.75 Å². The maximum absolute atomic E-state index is 12.9. The van der Waals surface area contributed by atoms with Crippen molar-refractivity contribution in [3.63, 3.8) is 0 Å². The SMILES string of the molecule is CCOc1ccc(S(=O)(=O)N2C/C(=N\OC)C[C@@H]2C(=O)OC)cc1. The monoisotopic (exact) mass is 356 g/mol. The van der Waals surface area contributed by atoms with E-state index in [0.717, 1.165) is 4.31 Å². The highest BCUT2D eigenvalue weighted by molar-refractivity contribution is 7.89. The lowest BCUT2D eigenvalue weighted by Gasteiger charge is -2.21. The second-order valence-corrected chi connectivity index (χ2v) is 6.93. The fourth-order valence-electron chi connectivity index (χ4n) is 2.47. The maximum Gasteiger partial charge on any atom is 0.324 e. The summed E-state index contributed by atoms with van der Waals surface area (Å²) in [5.41, 5.74) is 0.461. The molecule has 132 valence electrons. The van der Waals surface area contributed by atoms with Gasteiger partial charge < -0.3 is 14.3 Å². The molecule has 0 unspecified atom stereocenters. The summed E-state index contributed by atoms with van der Waals surface area (Å²) in [5.74, 6) is -0.0603. The van der Waals surface area contributed by atoms with E-state index in [0.29, 0.717) is 18.1 Å². The van der Waals surface area contributed by atoms with Crippen molar-refractivity contribution in [1.82, 2.24) is 4.31 Å². The van der Waals surface area contributed by atoms with Gasteiger partial charge in [0, 0.05) is 6.42 Å². The molecular weight excluding hydrogens is 336 g/mol. The summed E-state index contributed by atoms with van der Waals surface area (Å²) in [6.45, 7) is 2.30. The fraction of sp³-hybridized carbons (Fsp3) is 0.467. The summed E-state index contributed by atoms with van der Waals surface area (Å²) in [6, 6.07) is 5.08. The number of nitrogens with zero attached hydrogens (tertiary/aromatic N) is 2. The third-order valence-corrected chi connectivity index (χ3v) is 5.42. The number of carbonyl (C=O) groups excluding carboxylic acids is 1. The molecule has 2 rings (SSSR count). The van der Waals surface area contributed by atoms with Gasteiger partial charge in [-0.1, -0.05) is 5.16 Å². The Morgan fingerprint density at radius 2 is 1.96 bits per heavy atom. The minimum absolute atomic E-state index is 0.0247. The number of ether oxygens (including phenoxy) is 2. The molecule has 0 spiro atoms. The van der Waals surface area contributed by atoms with Gasteiger partial charge in [0.2, 0.25) is 10.0 Å². The molecule has 8 nitrogen and oxygen atoms in total. The quantitative estimate of drug-likeness (QED) is 0.558. The molecule has 1 aliphatic heterocycles. The van der Waals surface area contributed by atoms with Gasteiger partial charge in [-0.25, -0.2) is 8.42 Å². The van der Waals surface area contributed by atoms with E-state index in [1.54, 1.807) is 12.1 Å². The van der Waals surface area contributed by atoms with Gasteiger partial charge in [0.1, 0.15) is 18.9 Å². The molecular formula is C15H20N2O6S. The van der Waals surface area contributed by atoms with Crippen LogP contribution >= 0.6 is 0 Å². The van der Waals surface area contributed by atoms with Crippen LogP contribution in [0.3, 0.4) is 0 Å². The molecule has 0 N–H and O–H groups in total. The minimum atomic E-state index is -3.89. The largest absolute Gasteiger partial charge is 0.494 e. The normalized spacial score (nSPS) is 20.1. The maximum atomic E-state index is 12.9. The lowest BCUT2D eigenvalue weighted by molar-refractivity contribution is -0.144. The first-order valence-corrected chi connectivity index (χ1v) is 8.79. The first-order chi connectivity index (χ1) is 11.4. The van der Waals surface area contributed by atoms with Crippen LogP contribution in [-0.2, 0) is 24.4 Å². The van der Waals surface area contributed by atoms with Gasteiger partial charge in [0.05, 0.1) is 30.9 Å². The van der Waals surface area contributed by atoms with Crippen molar-refractivity contribution >= 4 is 21.7 Å². The predicted octanol–water partition coefficient (Wildman–Crippen LogP) is 1.02. The summed E-state index contributed by atoms with van der Waals surface area (Å²) in [5, 5.41) is 3.77. The molecule has 1 aromatic rings. The molecule has 0 bridgehead atoms. The third kappa shape index (κ3) is 3.68. The van der Waals surface area contributed by atoms with Crippen LogP contribution in [0.15, 0.2) is 34.3 Å². The van der Waals surface area contributed by atoms with Crippen molar-refractivity contribution in [2.45, 2.75) is 24.3 Å². The third-order valence-electron chi connectivity index (χ3n) is 3.55. The number of carbonyl (C=O) groups is 1. The number of esters is 1. The van der Waals surface area contributed by atoms with Gasteiger partial charge >= 0.3 is 5.97 Å². The molecule has 1 heterocycles. The van der Waals surface area contributed by atoms with Crippen LogP contribution in [0.4, 0.5) is 0 Å². The van der Waals surface area contributed by atoms with Gasteiger partial charge in [0.25, 0.3) is 0 Å². The van der Waals surface area contributed by atoms with E-state index < -0.39 is 22.0 Å². The fourth-order valence-corrected chi connectivity index (χ4v) is 4.04. The Balaban J connectivity index is 2.34. The Bertz CT molecular complexity index is 714. The molecule has 0 radical (unpaired) electrons. The number of hydrogen-bond donors (Lipinski definition) is 0. The van der Waals surface area contributed by atoms with Gasteiger partial charge in [-0.3, -0.25) is 4.79 Å². The Morgan fingerprint density at radius 1 is 1.29 bits per heavy atom. The first kappa shape index (κ1) is 18.2. The van der Waals surface area contributed by atoms with Crippen molar-refractivity contribution in [3.05, 3.63) is 24.3 Å². The van der Waals surface area contributed by atoms with E-state index in [4.69, 9.17) is 14.3 Å². The van der Waals surface area contributed by atoms with Gasteiger partial charge in [-0.15, -0.1) is 0 Å². The molecule has 0 amide bonds. The first-order valence-electron chi connectivity index (χ1n) is 7.35. The van der Waals surface area contributed by atoms with Crippen molar-refractivity contribution < 1.29 is 27.5 Å². The second-order valence-electron chi connectivity index (χ2n) is 5.04. The standard InChI is InChI=1S/C15H20N2O6S/c1-4-23-12-5-7-13(8-6-12)24(19,20)17-10-11(16-22-3)9-14(17)15(18)21-2/h5-8,14H,4,9-10H2,1-3H3/b16-11-/t14-/m1/s1. The lowest BCUT2D eigenvalue weighted by atomic mass is 10.2. The van der Waals surface area contributed by atoms with Crippen LogP contribution in [0.1, 0.15) is 13.3 Å². The number of benzene rings is 1. The van der Waals surface area contributed by atoms with Crippen molar-refractivity contribution in [3.8, 4) is 5.75 Å². The molecule has 0 aromatic heterocycles. The Morgan fingerprint density at radius 3 is 2.50 bits per heavy atom. The Hall–Kier alpha value is -2.13. The molecule has 0 aliphatic carbocycles. The number of rotatable bonds is 6. The van der Waals surface area contributed by atoms with E-state index in [-0.39, 0.29) is 17.9 Å². The zero-order valence-electron chi connectivity index (χ0n) is 13.8. The lowest BCUT2D eigenvalue weighted by Crippen LogP contribution is -2.41. The van der Waals surface area contributed by atoms with E-state index in [1.165, 1.54) is 26.4 Å². The molecule has 1 aromatic carbocycles. The summed E-state index contributed by atoms with van der Waals surface area (Å²) in [6.07, 6.45) is 0.136. The molecule has 1 saturated heterocycles. The summed E-state index contributed by atoms with van der Waals surface area (Å²) < 4.78 is 36.8. The highest BCUT2D eigenvalue weighted by atomic mass is 32.2. The number of sulfonamides is 1. The topological polar surface area (TPSA) is 94.5 Å². The van der Waals surface area contributed by atoms with E-state index in [2.05, 4.69) is 5.16 Å². The van der Waals surface area contributed by atoms with Crippen LogP contribution in [0, 0.1) is 0 Å². The predicted molar refractivity (Wildman–Crippen MR) is 86.4 cm³/mol.